The van der Waals surface area contributed by atoms with E-state index in [0.29, 0.717) is 37.7 Å². The lowest BCUT2D eigenvalue weighted by molar-refractivity contribution is 0.0946. The van der Waals surface area contributed by atoms with E-state index in [0.717, 1.165) is 11.5 Å². The van der Waals surface area contributed by atoms with Crippen molar-refractivity contribution in [3.8, 4) is 11.5 Å². The van der Waals surface area contributed by atoms with Crippen LogP contribution >= 0.6 is 0 Å². The van der Waals surface area contributed by atoms with E-state index in [1.807, 2.05) is 24.3 Å². The molecule has 0 aliphatic heterocycles. The minimum absolute atomic E-state index is 0.186. The predicted molar refractivity (Wildman–Crippen MR) is 95.4 cm³/mol. The zero-order valence-corrected chi connectivity index (χ0v) is 14.5. The minimum atomic E-state index is -0.186. The van der Waals surface area contributed by atoms with Crippen molar-refractivity contribution in [1.82, 2.24) is 10.3 Å². The van der Waals surface area contributed by atoms with Crippen LogP contribution in [0.3, 0.4) is 0 Å². The largest absolute Gasteiger partial charge is 0.497 e. The van der Waals surface area contributed by atoms with Crippen LogP contribution < -0.4 is 20.1 Å². The zero-order chi connectivity index (χ0) is 17.9. The van der Waals surface area contributed by atoms with Crippen molar-refractivity contribution >= 4 is 11.7 Å². The van der Waals surface area contributed by atoms with Crippen molar-refractivity contribution in [2.75, 3.05) is 45.8 Å². The third kappa shape index (κ3) is 6.31. The molecule has 7 nitrogen and oxygen atoms in total. The predicted octanol–water partition coefficient (Wildman–Crippen LogP) is 1.96. The van der Waals surface area contributed by atoms with E-state index in [2.05, 4.69) is 15.6 Å². The lowest BCUT2D eigenvalue weighted by Crippen LogP contribution is -2.28. The van der Waals surface area contributed by atoms with E-state index in [4.69, 9.17) is 14.2 Å². The summed E-state index contributed by atoms with van der Waals surface area (Å²) in [6.07, 6.45) is 1.54. The van der Waals surface area contributed by atoms with Crippen molar-refractivity contribution in [1.29, 1.82) is 0 Å². The Hall–Kier alpha value is -2.80. The first-order valence-corrected chi connectivity index (χ1v) is 7.97. The molecule has 7 heteroatoms. The van der Waals surface area contributed by atoms with Gasteiger partial charge < -0.3 is 24.8 Å². The average molecular weight is 345 g/mol. The molecule has 0 spiro atoms. The summed E-state index contributed by atoms with van der Waals surface area (Å²) in [5, 5.41) is 5.89. The number of carbonyl (C=O) groups is 1. The van der Waals surface area contributed by atoms with Gasteiger partial charge in [0.15, 0.2) is 0 Å². The Balaban J connectivity index is 1.70. The number of methoxy groups -OCH3 is 2. The number of amides is 1. The van der Waals surface area contributed by atoms with Gasteiger partial charge in [0.2, 0.25) is 0 Å². The maximum Gasteiger partial charge on any atom is 0.252 e. The monoisotopic (exact) mass is 345 g/mol. The molecule has 1 aromatic carbocycles. The Bertz CT molecular complexity index is 644. The van der Waals surface area contributed by atoms with Crippen LogP contribution in [-0.4, -0.2) is 51.4 Å². The maximum absolute atomic E-state index is 12.0. The zero-order valence-electron chi connectivity index (χ0n) is 14.5. The molecule has 0 saturated carbocycles. The number of nitrogens with one attached hydrogen (secondary N) is 2. The first kappa shape index (κ1) is 18.5. The quantitative estimate of drug-likeness (QED) is 0.641. The molecule has 0 fully saturated rings. The summed E-state index contributed by atoms with van der Waals surface area (Å²) in [5.74, 6) is 2.02. The summed E-state index contributed by atoms with van der Waals surface area (Å²) in [6.45, 7) is 2.04. The Morgan fingerprint density at radius 3 is 2.40 bits per heavy atom. The summed E-state index contributed by atoms with van der Waals surface area (Å²) in [6, 6.07) is 10.8. The molecule has 0 aliphatic rings. The minimum Gasteiger partial charge on any atom is -0.497 e. The summed E-state index contributed by atoms with van der Waals surface area (Å²) in [5.41, 5.74) is 0.502. The van der Waals surface area contributed by atoms with E-state index in [9.17, 15) is 4.79 Å². The fourth-order valence-electron chi connectivity index (χ4n) is 2.02. The van der Waals surface area contributed by atoms with Crippen LogP contribution in [-0.2, 0) is 4.74 Å². The molecular formula is C18H23N3O4. The number of ether oxygens (including phenoxy) is 3. The van der Waals surface area contributed by atoms with Crippen LogP contribution in [0.2, 0.25) is 0 Å². The molecule has 2 rings (SSSR count). The lowest BCUT2D eigenvalue weighted by Gasteiger charge is -2.09. The maximum atomic E-state index is 12.0. The van der Waals surface area contributed by atoms with Crippen molar-refractivity contribution < 1.29 is 19.0 Å². The molecule has 2 N–H and O–H groups in total. The van der Waals surface area contributed by atoms with E-state index >= 15 is 0 Å². The van der Waals surface area contributed by atoms with Gasteiger partial charge in [0.1, 0.15) is 23.9 Å². The highest BCUT2D eigenvalue weighted by Gasteiger charge is 2.05. The first-order chi connectivity index (χ1) is 12.2. The summed E-state index contributed by atoms with van der Waals surface area (Å²) >= 11 is 0. The molecule has 0 aliphatic carbocycles. The number of hydrogen-bond donors (Lipinski definition) is 2. The van der Waals surface area contributed by atoms with Crippen LogP contribution in [0.1, 0.15) is 10.4 Å². The van der Waals surface area contributed by atoms with Gasteiger partial charge in [0, 0.05) is 19.9 Å². The lowest BCUT2D eigenvalue weighted by atomic mass is 10.2. The van der Waals surface area contributed by atoms with E-state index < -0.39 is 0 Å². The molecule has 134 valence electrons. The van der Waals surface area contributed by atoms with Gasteiger partial charge in [0.05, 0.1) is 25.8 Å². The summed E-state index contributed by atoms with van der Waals surface area (Å²) in [7, 11) is 3.25. The fourth-order valence-corrected chi connectivity index (χ4v) is 2.02. The van der Waals surface area contributed by atoms with Crippen molar-refractivity contribution in [3.05, 3.63) is 48.2 Å². The molecule has 25 heavy (non-hydrogen) atoms. The number of pyridine rings is 1. The number of anilines is 1. The smallest absolute Gasteiger partial charge is 0.252 e. The van der Waals surface area contributed by atoms with Gasteiger partial charge in [-0.3, -0.25) is 4.79 Å². The van der Waals surface area contributed by atoms with E-state index in [1.165, 1.54) is 6.20 Å². The molecule has 0 unspecified atom stereocenters. The molecule has 1 aromatic heterocycles. The summed E-state index contributed by atoms with van der Waals surface area (Å²) in [4.78, 5) is 16.2. The van der Waals surface area contributed by atoms with Gasteiger partial charge in [-0.1, -0.05) is 0 Å². The average Bonchev–Trinajstić information content (AvgIpc) is 2.66. The highest BCUT2D eigenvalue weighted by molar-refractivity contribution is 5.94. The SMILES string of the molecule is COCCNc1ccc(C(=O)NCCOc2ccc(OC)cc2)cn1. The number of benzene rings is 1. The standard InChI is InChI=1S/C18H23N3O4/c1-23-11-9-19-17-8-3-14(13-21-17)18(22)20-10-12-25-16-6-4-15(24-2)5-7-16/h3-8,13H,9-12H2,1-2H3,(H,19,21)(H,20,22). The topological polar surface area (TPSA) is 81.7 Å². The molecular weight excluding hydrogens is 322 g/mol. The van der Waals surface area contributed by atoms with Gasteiger partial charge in [-0.15, -0.1) is 0 Å². The number of aromatic nitrogens is 1. The van der Waals surface area contributed by atoms with E-state index in [-0.39, 0.29) is 5.91 Å². The van der Waals surface area contributed by atoms with Crippen molar-refractivity contribution in [2.45, 2.75) is 0 Å². The molecule has 0 saturated heterocycles. The second-order valence-corrected chi connectivity index (χ2v) is 5.13. The number of rotatable bonds is 10. The van der Waals surface area contributed by atoms with Crippen LogP contribution in [0.4, 0.5) is 5.82 Å². The Morgan fingerprint density at radius 2 is 1.76 bits per heavy atom. The molecule has 0 radical (unpaired) electrons. The first-order valence-electron chi connectivity index (χ1n) is 7.97. The van der Waals surface area contributed by atoms with Crippen molar-refractivity contribution in [2.24, 2.45) is 0 Å². The molecule has 1 heterocycles. The summed E-state index contributed by atoms with van der Waals surface area (Å²) < 4.78 is 15.6. The molecule has 1 amide bonds. The molecule has 0 atom stereocenters. The highest BCUT2D eigenvalue weighted by Crippen LogP contribution is 2.16. The second kappa shape index (κ2) is 10.1. The third-order valence-electron chi connectivity index (χ3n) is 3.35. The number of nitrogens with zero attached hydrogens (tertiary/aromatic N) is 1. The van der Waals surface area contributed by atoms with Gasteiger partial charge >= 0.3 is 0 Å². The van der Waals surface area contributed by atoms with Crippen LogP contribution in [0.25, 0.3) is 0 Å². The fraction of sp³-hybridized carbons (Fsp3) is 0.333. The Morgan fingerprint density at radius 1 is 1.00 bits per heavy atom. The normalized spacial score (nSPS) is 10.2. The van der Waals surface area contributed by atoms with Crippen molar-refractivity contribution in [3.63, 3.8) is 0 Å². The Kier molecular flexibility index (Phi) is 7.52. The molecule has 0 bridgehead atoms. The van der Waals surface area contributed by atoms with Crippen LogP contribution in [0.15, 0.2) is 42.6 Å². The highest BCUT2D eigenvalue weighted by atomic mass is 16.5. The van der Waals surface area contributed by atoms with Gasteiger partial charge in [-0.05, 0) is 36.4 Å². The van der Waals surface area contributed by atoms with Gasteiger partial charge in [-0.25, -0.2) is 4.98 Å². The van der Waals surface area contributed by atoms with Crippen LogP contribution in [0.5, 0.6) is 11.5 Å². The van der Waals surface area contributed by atoms with Gasteiger partial charge in [0.25, 0.3) is 5.91 Å². The number of carbonyl (C=O) groups excluding carboxylic acids is 1. The molecule has 2 aromatic rings. The van der Waals surface area contributed by atoms with E-state index in [1.54, 1.807) is 26.4 Å². The van der Waals surface area contributed by atoms with Crippen LogP contribution in [0, 0.1) is 0 Å². The van der Waals surface area contributed by atoms with Gasteiger partial charge in [-0.2, -0.15) is 0 Å². The third-order valence-corrected chi connectivity index (χ3v) is 3.35. The second-order valence-electron chi connectivity index (χ2n) is 5.13. The Labute approximate surface area is 147 Å². The number of hydrogen-bond acceptors (Lipinski definition) is 6.